The van der Waals surface area contributed by atoms with Crippen LogP contribution in [0.3, 0.4) is 0 Å². The van der Waals surface area contributed by atoms with Gasteiger partial charge in [0, 0.05) is 37.6 Å². The molecule has 2 heteroatoms. The molecule has 0 aromatic heterocycles. The number of likely N-dealkylation sites (N-methyl/N-ethyl adjacent to an activating group) is 1. The third kappa shape index (κ3) is 7.44. The molecular formula is C28H38N2. The van der Waals surface area contributed by atoms with E-state index in [1.807, 2.05) is 45.8 Å². The number of rotatable bonds is 11. The van der Waals surface area contributed by atoms with Crippen LogP contribution in [0.2, 0.25) is 0 Å². The number of nitrogens with one attached hydrogen (secondary N) is 1. The van der Waals surface area contributed by atoms with Crippen molar-refractivity contribution in [2.24, 2.45) is 0 Å². The highest BCUT2D eigenvalue weighted by molar-refractivity contribution is 5.48. The van der Waals surface area contributed by atoms with Crippen LogP contribution in [0.5, 0.6) is 0 Å². The van der Waals surface area contributed by atoms with Crippen molar-refractivity contribution in [3.63, 3.8) is 0 Å². The summed E-state index contributed by atoms with van der Waals surface area (Å²) in [5.74, 6) is 0. The number of hydrogen-bond donors (Lipinski definition) is 1. The van der Waals surface area contributed by atoms with E-state index in [-0.39, 0.29) is 0 Å². The van der Waals surface area contributed by atoms with E-state index < -0.39 is 0 Å². The molecule has 0 saturated carbocycles. The molecule has 30 heavy (non-hydrogen) atoms. The van der Waals surface area contributed by atoms with Gasteiger partial charge in [-0.2, -0.15) is 0 Å². The molecule has 1 aromatic carbocycles. The maximum absolute atomic E-state index is 4.22. The summed E-state index contributed by atoms with van der Waals surface area (Å²) in [6.45, 7) is 25.4. The molecule has 1 rings (SSSR count). The predicted molar refractivity (Wildman–Crippen MR) is 134 cm³/mol. The van der Waals surface area contributed by atoms with Crippen molar-refractivity contribution < 1.29 is 0 Å². The number of hydrogen-bond acceptors (Lipinski definition) is 2. The highest BCUT2D eigenvalue weighted by Crippen LogP contribution is 2.21. The van der Waals surface area contributed by atoms with Gasteiger partial charge in [-0.1, -0.05) is 68.8 Å². The monoisotopic (exact) mass is 402 g/mol. The zero-order valence-electron chi connectivity index (χ0n) is 19.7. The lowest BCUT2D eigenvalue weighted by atomic mass is 9.99. The maximum atomic E-state index is 4.22. The van der Waals surface area contributed by atoms with E-state index in [1.165, 1.54) is 11.1 Å². The fourth-order valence-corrected chi connectivity index (χ4v) is 3.26. The number of allylic oxidation sites excluding steroid dienone is 6. The molecule has 0 aliphatic rings. The second-order valence-corrected chi connectivity index (χ2v) is 7.93. The molecule has 0 heterocycles. The largest absolute Gasteiger partial charge is 0.381 e. The molecule has 2 nitrogen and oxygen atoms in total. The summed E-state index contributed by atoms with van der Waals surface area (Å²) in [6, 6.07) is 8.66. The Kier molecular flexibility index (Phi) is 9.91. The minimum atomic E-state index is 0.725. The van der Waals surface area contributed by atoms with Crippen LogP contribution in [-0.2, 0) is 13.0 Å². The average molecular weight is 403 g/mol. The van der Waals surface area contributed by atoms with Gasteiger partial charge in [0.25, 0.3) is 0 Å². The van der Waals surface area contributed by atoms with Gasteiger partial charge in [0.05, 0.1) is 0 Å². The maximum Gasteiger partial charge on any atom is 0.0400 e. The van der Waals surface area contributed by atoms with Gasteiger partial charge in [0.15, 0.2) is 0 Å². The lowest BCUT2D eigenvalue weighted by molar-refractivity contribution is 0.525. The summed E-state index contributed by atoms with van der Waals surface area (Å²) in [5, 5.41) is 3.44. The first-order chi connectivity index (χ1) is 14.1. The van der Waals surface area contributed by atoms with E-state index in [0.717, 1.165) is 52.2 Å². The molecular weight excluding hydrogens is 364 g/mol. The van der Waals surface area contributed by atoms with Crippen LogP contribution in [0.25, 0.3) is 0 Å². The van der Waals surface area contributed by atoms with Crippen LogP contribution in [0.15, 0.2) is 108 Å². The van der Waals surface area contributed by atoms with Gasteiger partial charge in [0.1, 0.15) is 0 Å². The van der Waals surface area contributed by atoms with Crippen molar-refractivity contribution in [2.45, 2.75) is 40.7 Å². The highest BCUT2D eigenvalue weighted by atomic mass is 15.1. The zero-order valence-corrected chi connectivity index (χ0v) is 19.7. The molecule has 0 amide bonds. The van der Waals surface area contributed by atoms with Crippen molar-refractivity contribution in [1.29, 1.82) is 0 Å². The third-order valence-electron chi connectivity index (χ3n) is 4.92. The molecule has 0 atom stereocenters. The Morgan fingerprint density at radius 1 is 0.933 bits per heavy atom. The molecule has 1 aromatic rings. The Bertz CT molecular complexity index is 887. The molecule has 0 fully saturated rings. The summed E-state index contributed by atoms with van der Waals surface area (Å²) in [7, 11) is 4.01. The molecule has 0 aliphatic carbocycles. The van der Waals surface area contributed by atoms with Gasteiger partial charge in [-0.3, -0.25) is 0 Å². The van der Waals surface area contributed by atoms with Gasteiger partial charge in [-0.25, -0.2) is 0 Å². The molecule has 160 valence electrons. The Balaban J connectivity index is 2.84. The average Bonchev–Trinajstić information content (AvgIpc) is 2.67. The summed E-state index contributed by atoms with van der Waals surface area (Å²) >= 11 is 0. The van der Waals surface area contributed by atoms with Crippen molar-refractivity contribution in [3.05, 3.63) is 119 Å². The van der Waals surface area contributed by atoms with E-state index in [0.29, 0.717) is 0 Å². The molecule has 0 aliphatic heterocycles. The molecule has 0 bridgehead atoms. The standard InChI is InChI=1S/C28H38N2/c1-11-12-22(6)28(21(4)5)23(7)29-19-26-15-13-25(14-16-26)17-18-27(20(2)3)24(8)30(9)10/h11-16,18,29H,2,4,7-8,17,19H2,1,3,5-6,9-10H3/b12-11-,27-18-,28-22-. The quantitative estimate of drug-likeness (QED) is 0.406. The van der Waals surface area contributed by atoms with E-state index in [9.17, 15) is 0 Å². The fraction of sp³-hybridized carbons (Fsp3) is 0.286. The van der Waals surface area contributed by atoms with E-state index in [2.05, 4.69) is 75.0 Å². The van der Waals surface area contributed by atoms with Crippen LogP contribution in [0.1, 0.15) is 38.8 Å². The van der Waals surface area contributed by atoms with E-state index in [1.54, 1.807) is 0 Å². The van der Waals surface area contributed by atoms with E-state index in [4.69, 9.17) is 0 Å². The van der Waals surface area contributed by atoms with Crippen LogP contribution in [0.4, 0.5) is 0 Å². The zero-order chi connectivity index (χ0) is 22.8. The Hall–Kier alpha value is -3.00. The number of benzene rings is 1. The van der Waals surface area contributed by atoms with Crippen molar-refractivity contribution in [3.8, 4) is 0 Å². The third-order valence-corrected chi connectivity index (χ3v) is 4.92. The molecule has 0 unspecified atom stereocenters. The van der Waals surface area contributed by atoms with Crippen molar-refractivity contribution in [2.75, 3.05) is 14.1 Å². The normalized spacial score (nSPS) is 12.4. The van der Waals surface area contributed by atoms with Gasteiger partial charge >= 0.3 is 0 Å². The van der Waals surface area contributed by atoms with Crippen molar-refractivity contribution in [1.82, 2.24) is 10.2 Å². The fourth-order valence-electron chi connectivity index (χ4n) is 3.26. The summed E-state index contributed by atoms with van der Waals surface area (Å²) in [5.41, 5.74) is 9.76. The first-order valence-electron chi connectivity index (χ1n) is 10.3. The SMILES string of the molecule is C=C(C)/C(=C/Cc1ccc(CNC(=C)/C(C(=C)C)=C(C)\C=C/C)cc1)C(=C)N(C)C. The van der Waals surface area contributed by atoms with Gasteiger partial charge in [0.2, 0.25) is 0 Å². The van der Waals surface area contributed by atoms with Gasteiger partial charge in [-0.05, 0) is 67.5 Å². The molecule has 1 N–H and O–H groups in total. The van der Waals surface area contributed by atoms with Gasteiger partial charge in [-0.15, -0.1) is 0 Å². The van der Waals surface area contributed by atoms with Crippen LogP contribution in [-0.4, -0.2) is 19.0 Å². The second-order valence-electron chi connectivity index (χ2n) is 7.93. The minimum Gasteiger partial charge on any atom is -0.381 e. The second kappa shape index (κ2) is 11.9. The Morgan fingerprint density at radius 2 is 1.50 bits per heavy atom. The van der Waals surface area contributed by atoms with Crippen molar-refractivity contribution >= 4 is 0 Å². The predicted octanol–water partition coefficient (Wildman–Crippen LogP) is 6.88. The summed E-state index contributed by atoms with van der Waals surface area (Å²) in [4.78, 5) is 2.02. The molecule has 0 saturated heterocycles. The van der Waals surface area contributed by atoms with Crippen LogP contribution < -0.4 is 5.32 Å². The van der Waals surface area contributed by atoms with Gasteiger partial charge < -0.3 is 10.2 Å². The van der Waals surface area contributed by atoms with Crippen LogP contribution >= 0.6 is 0 Å². The first-order valence-corrected chi connectivity index (χ1v) is 10.3. The molecule has 0 spiro atoms. The molecule has 0 radical (unpaired) electrons. The lowest BCUT2D eigenvalue weighted by Crippen LogP contribution is -2.15. The highest BCUT2D eigenvalue weighted by Gasteiger charge is 2.08. The summed E-state index contributed by atoms with van der Waals surface area (Å²) in [6.07, 6.45) is 7.17. The first kappa shape index (κ1) is 25.0. The van der Waals surface area contributed by atoms with E-state index >= 15 is 0 Å². The smallest absolute Gasteiger partial charge is 0.0400 e. The number of nitrogens with zero attached hydrogens (tertiary/aromatic N) is 1. The van der Waals surface area contributed by atoms with Crippen LogP contribution in [0, 0.1) is 0 Å². The minimum absolute atomic E-state index is 0.725. The summed E-state index contributed by atoms with van der Waals surface area (Å²) < 4.78 is 0. The topological polar surface area (TPSA) is 15.3 Å². The Labute approximate surface area is 184 Å². The Morgan fingerprint density at radius 3 is 1.97 bits per heavy atom. The lowest BCUT2D eigenvalue weighted by Gasteiger charge is -2.19.